The number of benzene rings is 3. The van der Waals surface area contributed by atoms with Gasteiger partial charge in [0.15, 0.2) is 11.5 Å². The summed E-state index contributed by atoms with van der Waals surface area (Å²) in [6.45, 7) is 3.57. The largest absolute Gasteiger partial charge is 0.493 e. The average Bonchev–Trinajstić information content (AvgIpc) is 3.38. The van der Waals surface area contributed by atoms with E-state index in [0.29, 0.717) is 42.4 Å². The number of methoxy groups -OCH3 is 2. The predicted molar refractivity (Wildman–Crippen MR) is 145 cm³/mol. The Bertz CT molecular complexity index is 1340. The van der Waals surface area contributed by atoms with Gasteiger partial charge in [-0.1, -0.05) is 42.0 Å². The Morgan fingerprint density at radius 3 is 2.49 bits per heavy atom. The Hall–Kier alpha value is -3.75. The molecular formula is C29H30FN3O3S. The lowest BCUT2D eigenvalue weighted by Gasteiger charge is -2.22. The zero-order valence-electron chi connectivity index (χ0n) is 21.2. The smallest absolute Gasteiger partial charge is 0.275 e. The molecule has 3 aromatic carbocycles. The molecule has 0 radical (unpaired) electrons. The van der Waals surface area contributed by atoms with Gasteiger partial charge in [0, 0.05) is 29.7 Å². The number of aromatic nitrogens is 1. The second kappa shape index (κ2) is 12.5. The van der Waals surface area contributed by atoms with Crippen molar-refractivity contribution in [1.29, 1.82) is 0 Å². The van der Waals surface area contributed by atoms with E-state index in [1.54, 1.807) is 31.7 Å². The summed E-state index contributed by atoms with van der Waals surface area (Å²) < 4.78 is 25.2. The standard InChI is InChI=1S/C29H30FN3O3S/c1-20-8-11-23(12-9-20)31-29(34)25-19-37-28(32-25)18-33(17-22-6-4-5-7-24(22)30)15-14-21-10-13-26(35-2)27(16-21)36-3/h4-13,16,19H,14-15,17-18H2,1-3H3,(H,31,34). The van der Waals surface area contributed by atoms with Gasteiger partial charge in [0.2, 0.25) is 0 Å². The molecule has 0 saturated carbocycles. The molecule has 37 heavy (non-hydrogen) atoms. The van der Waals surface area contributed by atoms with Crippen LogP contribution in [0.25, 0.3) is 0 Å². The number of nitrogens with one attached hydrogen (secondary N) is 1. The summed E-state index contributed by atoms with van der Waals surface area (Å²) in [6.07, 6.45) is 0.723. The number of hydrogen-bond acceptors (Lipinski definition) is 6. The van der Waals surface area contributed by atoms with Crippen molar-refractivity contribution in [3.05, 3.63) is 105 Å². The highest BCUT2D eigenvalue weighted by Gasteiger charge is 2.16. The number of carbonyl (C=O) groups is 1. The molecule has 4 rings (SSSR count). The van der Waals surface area contributed by atoms with Gasteiger partial charge >= 0.3 is 0 Å². The Kier molecular flexibility index (Phi) is 8.87. The number of carbonyl (C=O) groups excluding carboxylic acids is 1. The third kappa shape index (κ3) is 7.15. The van der Waals surface area contributed by atoms with E-state index in [9.17, 15) is 9.18 Å². The van der Waals surface area contributed by atoms with Crippen LogP contribution in [0, 0.1) is 12.7 Å². The van der Waals surface area contributed by atoms with E-state index in [0.717, 1.165) is 28.2 Å². The topological polar surface area (TPSA) is 63.7 Å². The number of hydrogen-bond donors (Lipinski definition) is 1. The fourth-order valence-electron chi connectivity index (χ4n) is 3.92. The van der Waals surface area contributed by atoms with Crippen molar-refractivity contribution in [3.8, 4) is 11.5 Å². The molecule has 1 aromatic heterocycles. The molecule has 0 saturated heterocycles. The third-order valence-electron chi connectivity index (χ3n) is 5.97. The summed E-state index contributed by atoms with van der Waals surface area (Å²) in [7, 11) is 3.22. The van der Waals surface area contributed by atoms with Crippen molar-refractivity contribution in [2.45, 2.75) is 26.4 Å². The quantitative estimate of drug-likeness (QED) is 0.259. The molecule has 1 amide bonds. The van der Waals surface area contributed by atoms with Gasteiger partial charge in [-0.15, -0.1) is 11.3 Å². The molecule has 8 heteroatoms. The molecule has 192 valence electrons. The predicted octanol–water partition coefficient (Wildman–Crippen LogP) is 6.11. The maximum Gasteiger partial charge on any atom is 0.275 e. The normalized spacial score (nSPS) is 10.9. The van der Waals surface area contributed by atoms with Crippen LogP contribution in [-0.2, 0) is 19.5 Å². The number of nitrogens with zero attached hydrogens (tertiary/aromatic N) is 2. The van der Waals surface area contributed by atoms with Gasteiger partial charge in [0.05, 0.1) is 20.8 Å². The number of ether oxygens (including phenoxy) is 2. The molecule has 0 aliphatic carbocycles. The van der Waals surface area contributed by atoms with Gasteiger partial charge in [-0.2, -0.15) is 0 Å². The first-order valence-corrected chi connectivity index (χ1v) is 12.8. The lowest BCUT2D eigenvalue weighted by atomic mass is 10.1. The van der Waals surface area contributed by atoms with Crippen LogP contribution in [-0.4, -0.2) is 36.6 Å². The summed E-state index contributed by atoms with van der Waals surface area (Å²) in [5, 5.41) is 5.43. The van der Waals surface area contributed by atoms with Crippen molar-refractivity contribution in [2.75, 3.05) is 26.1 Å². The van der Waals surface area contributed by atoms with Gasteiger partial charge in [-0.25, -0.2) is 9.37 Å². The van der Waals surface area contributed by atoms with Crippen LogP contribution >= 0.6 is 11.3 Å². The van der Waals surface area contributed by atoms with E-state index >= 15 is 0 Å². The van der Waals surface area contributed by atoms with E-state index in [1.165, 1.54) is 17.4 Å². The van der Waals surface area contributed by atoms with Gasteiger partial charge in [-0.3, -0.25) is 9.69 Å². The Morgan fingerprint density at radius 1 is 1.00 bits per heavy atom. The van der Waals surface area contributed by atoms with Crippen molar-refractivity contribution >= 4 is 22.9 Å². The molecule has 0 bridgehead atoms. The third-order valence-corrected chi connectivity index (χ3v) is 6.80. The highest BCUT2D eigenvalue weighted by molar-refractivity contribution is 7.09. The number of halogens is 1. The van der Waals surface area contributed by atoms with Crippen LogP contribution in [0.2, 0.25) is 0 Å². The fourth-order valence-corrected chi connectivity index (χ4v) is 4.73. The number of anilines is 1. The van der Waals surface area contributed by atoms with E-state index in [1.807, 2.05) is 55.5 Å². The Labute approximate surface area is 220 Å². The van der Waals surface area contributed by atoms with Crippen LogP contribution in [0.5, 0.6) is 11.5 Å². The van der Waals surface area contributed by atoms with Gasteiger partial charge in [0.1, 0.15) is 16.5 Å². The summed E-state index contributed by atoms with van der Waals surface area (Å²) in [4.78, 5) is 19.4. The molecule has 4 aromatic rings. The number of amides is 1. The lowest BCUT2D eigenvalue weighted by molar-refractivity contribution is 0.102. The van der Waals surface area contributed by atoms with Crippen LogP contribution in [0.3, 0.4) is 0 Å². The fraction of sp³-hybridized carbons (Fsp3) is 0.241. The highest BCUT2D eigenvalue weighted by atomic mass is 32.1. The zero-order chi connectivity index (χ0) is 26.2. The minimum atomic E-state index is -0.252. The second-order valence-corrected chi connectivity index (χ2v) is 9.63. The van der Waals surface area contributed by atoms with E-state index in [2.05, 4.69) is 15.2 Å². The summed E-state index contributed by atoms with van der Waals surface area (Å²) in [6, 6.07) is 20.2. The van der Waals surface area contributed by atoms with Crippen molar-refractivity contribution < 1.29 is 18.7 Å². The van der Waals surface area contributed by atoms with Gasteiger partial charge < -0.3 is 14.8 Å². The molecule has 0 aliphatic heterocycles. The molecular weight excluding hydrogens is 489 g/mol. The maximum atomic E-state index is 14.5. The van der Waals surface area contributed by atoms with Crippen LogP contribution in [0.15, 0.2) is 72.1 Å². The number of rotatable bonds is 11. The van der Waals surface area contributed by atoms with Crippen LogP contribution in [0.1, 0.15) is 32.2 Å². The molecule has 0 spiro atoms. The SMILES string of the molecule is COc1ccc(CCN(Cc2nc(C(=O)Nc3ccc(C)cc3)cs2)Cc2ccccc2F)cc1OC. The number of thiazole rings is 1. The molecule has 0 fully saturated rings. The Balaban J connectivity index is 1.47. The molecule has 1 N–H and O–H groups in total. The molecule has 1 heterocycles. The zero-order valence-corrected chi connectivity index (χ0v) is 22.0. The van der Waals surface area contributed by atoms with Crippen molar-refractivity contribution in [3.63, 3.8) is 0 Å². The highest BCUT2D eigenvalue weighted by Crippen LogP contribution is 2.28. The van der Waals surface area contributed by atoms with E-state index in [-0.39, 0.29) is 11.7 Å². The first-order chi connectivity index (χ1) is 17.9. The van der Waals surface area contributed by atoms with Crippen LogP contribution in [0.4, 0.5) is 10.1 Å². The lowest BCUT2D eigenvalue weighted by Crippen LogP contribution is -2.26. The Morgan fingerprint density at radius 2 is 1.76 bits per heavy atom. The molecule has 0 atom stereocenters. The second-order valence-electron chi connectivity index (χ2n) is 8.69. The number of aryl methyl sites for hydroxylation is 1. The van der Waals surface area contributed by atoms with Gasteiger partial charge in [0.25, 0.3) is 5.91 Å². The van der Waals surface area contributed by atoms with Crippen LogP contribution < -0.4 is 14.8 Å². The summed E-state index contributed by atoms with van der Waals surface area (Å²) in [5.41, 5.74) is 3.90. The first kappa shape index (κ1) is 26.3. The minimum absolute atomic E-state index is 0.240. The minimum Gasteiger partial charge on any atom is -0.493 e. The monoisotopic (exact) mass is 519 g/mol. The summed E-state index contributed by atoms with van der Waals surface area (Å²) >= 11 is 1.42. The molecule has 0 unspecified atom stereocenters. The van der Waals surface area contributed by atoms with E-state index in [4.69, 9.17) is 9.47 Å². The van der Waals surface area contributed by atoms with Crippen molar-refractivity contribution in [2.24, 2.45) is 0 Å². The summed E-state index contributed by atoms with van der Waals surface area (Å²) in [5.74, 6) is 0.853. The molecule has 6 nitrogen and oxygen atoms in total. The average molecular weight is 520 g/mol. The first-order valence-electron chi connectivity index (χ1n) is 11.9. The van der Waals surface area contributed by atoms with E-state index < -0.39 is 0 Å². The van der Waals surface area contributed by atoms with Crippen molar-refractivity contribution in [1.82, 2.24) is 9.88 Å². The molecule has 0 aliphatic rings. The van der Waals surface area contributed by atoms with Gasteiger partial charge in [-0.05, 0) is 49.2 Å². The maximum absolute atomic E-state index is 14.5.